The fourth-order valence-corrected chi connectivity index (χ4v) is 2.28. The summed E-state index contributed by atoms with van der Waals surface area (Å²) in [5.74, 6) is -0.867. The minimum Gasteiger partial charge on any atom is -0.481 e. The summed E-state index contributed by atoms with van der Waals surface area (Å²) in [6.07, 6.45) is 3.09. The van der Waals surface area contributed by atoms with Gasteiger partial charge in [0, 0.05) is 18.8 Å². The third kappa shape index (κ3) is 3.57. The van der Waals surface area contributed by atoms with Gasteiger partial charge in [0.15, 0.2) is 0 Å². The number of amides is 1. The number of likely N-dealkylation sites (tertiary alicyclic amines) is 1. The second-order valence-electron chi connectivity index (χ2n) is 4.91. The van der Waals surface area contributed by atoms with E-state index < -0.39 is 5.97 Å². The number of carboxylic acids is 1. The summed E-state index contributed by atoms with van der Waals surface area (Å²) in [4.78, 5) is 24.4. The number of rotatable bonds is 5. The Kier molecular flexibility index (Phi) is 4.73. The molecule has 1 aliphatic heterocycles. The van der Waals surface area contributed by atoms with E-state index in [4.69, 9.17) is 9.84 Å². The first-order chi connectivity index (χ1) is 9.58. The molecule has 7 nitrogen and oxygen atoms in total. The van der Waals surface area contributed by atoms with E-state index in [2.05, 4.69) is 10.2 Å². The maximum Gasteiger partial charge on any atom is 0.305 e. The van der Waals surface area contributed by atoms with Crippen molar-refractivity contribution in [2.75, 3.05) is 19.7 Å². The Balaban J connectivity index is 1.78. The van der Waals surface area contributed by atoms with Gasteiger partial charge in [0.2, 0.25) is 0 Å². The summed E-state index contributed by atoms with van der Waals surface area (Å²) in [7, 11) is 0. The Morgan fingerprint density at radius 2 is 2.20 bits per heavy atom. The smallest absolute Gasteiger partial charge is 0.305 e. The molecule has 2 rings (SSSR count). The van der Waals surface area contributed by atoms with Crippen LogP contribution in [0.2, 0.25) is 0 Å². The van der Waals surface area contributed by atoms with Crippen molar-refractivity contribution in [3.63, 3.8) is 0 Å². The van der Waals surface area contributed by atoms with Gasteiger partial charge in [-0.2, -0.15) is 5.10 Å². The van der Waals surface area contributed by atoms with Crippen LogP contribution in [0.4, 0.5) is 0 Å². The number of nitrogens with one attached hydrogen (secondary N) is 1. The molecule has 0 spiro atoms. The molecule has 1 amide bonds. The molecule has 110 valence electrons. The molecule has 1 fully saturated rings. The maximum absolute atomic E-state index is 12.2. The number of piperidine rings is 1. The summed E-state index contributed by atoms with van der Waals surface area (Å²) in [6, 6.07) is 0. The number of hydrogen-bond acceptors (Lipinski definition) is 4. The monoisotopic (exact) mass is 281 g/mol. The topological polar surface area (TPSA) is 95.5 Å². The van der Waals surface area contributed by atoms with Crippen LogP contribution in [-0.2, 0) is 9.53 Å². The molecule has 0 saturated carbocycles. The Morgan fingerprint density at radius 3 is 2.75 bits per heavy atom. The molecule has 0 bridgehead atoms. The Hall–Kier alpha value is -1.89. The lowest BCUT2D eigenvalue weighted by molar-refractivity contribution is -0.138. The second kappa shape index (κ2) is 6.51. The van der Waals surface area contributed by atoms with Crippen molar-refractivity contribution in [3.8, 4) is 0 Å². The molecule has 0 atom stereocenters. The highest BCUT2D eigenvalue weighted by atomic mass is 16.5. The van der Waals surface area contributed by atoms with Crippen molar-refractivity contribution in [1.82, 2.24) is 15.1 Å². The highest BCUT2D eigenvalue weighted by Gasteiger charge is 2.25. The van der Waals surface area contributed by atoms with Gasteiger partial charge < -0.3 is 14.7 Å². The molecular weight excluding hydrogens is 262 g/mol. The van der Waals surface area contributed by atoms with E-state index >= 15 is 0 Å². The molecule has 2 heterocycles. The zero-order valence-corrected chi connectivity index (χ0v) is 11.5. The molecule has 0 radical (unpaired) electrons. The molecule has 1 aromatic heterocycles. The molecule has 1 aliphatic rings. The number of aromatic amines is 1. The van der Waals surface area contributed by atoms with Gasteiger partial charge in [-0.1, -0.05) is 0 Å². The van der Waals surface area contributed by atoms with Gasteiger partial charge in [0.05, 0.1) is 30.9 Å². The first-order valence-corrected chi connectivity index (χ1v) is 6.70. The van der Waals surface area contributed by atoms with Gasteiger partial charge in [-0.15, -0.1) is 0 Å². The average Bonchev–Trinajstić information content (AvgIpc) is 2.84. The predicted molar refractivity (Wildman–Crippen MR) is 70.5 cm³/mol. The summed E-state index contributed by atoms with van der Waals surface area (Å²) in [5, 5.41) is 15.2. The quantitative estimate of drug-likeness (QED) is 0.833. The molecule has 0 aromatic carbocycles. The highest BCUT2D eigenvalue weighted by Crippen LogP contribution is 2.17. The second-order valence-corrected chi connectivity index (χ2v) is 4.91. The van der Waals surface area contributed by atoms with E-state index in [1.807, 2.05) is 6.92 Å². The van der Waals surface area contributed by atoms with Crippen LogP contribution in [0, 0.1) is 6.92 Å². The number of ether oxygens (including phenoxy) is 1. The molecule has 1 aromatic rings. The van der Waals surface area contributed by atoms with Crippen LogP contribution in [-0.4, -0.2) is 57.9 Å². The van der Waals surface area contributed by atoms with Crippen molar-refractivity contribution in [2.45, 2.75) is 32.3 Å². The molecule has 1 saturated heterocycles. The van der Waals surface area contributed by atoms with Crippen molar-refractivity contribution in [2.24, 2.45) is 0 Å². The lowest BCUT2D eigenvalue weighted by Crippen LogP contribution is -2.41. The Labute approximate surface area is 116 Å². The normalized spacial score (nSPS) is 16.4. The predicted octanol–water partition coefficient (Wildman–Crippen LogP) is 0.814. The van der Waals surface area contributed by atoms with E-state index in [0.29, 0.717) is 18.7 Å². The van der Waals surface area contributed by atoms with Crippen LogP contribution in [0.3, 0.4) is 0 Å². The summed E-state index contributed by atoms with van der Waals surface area (Å²) < 4.78 is 5.50. The standard InChI is InChI=1S/C13H19N3O4/c1-9-11(8-14-15-9)13(19)16-5-2-10(3-6-16)20-7-4-12(17)18/h8,10H,2-7H2,1H3,(H,14,15)(H,17,18). The van der Waals surface area contributed by atoms with Crippen molar-refractivity contribution < 1.29 is 19.4 Å². The van der Waals surface area contributed by atoms with Gasteiger partial charge in [-0.05, 0) is 19.8 Å². The van der Waals surface area contributed by atoms with E-state index in [-0.39, 0.29) is 25.0 Å². The van der Waals surface area contributed by atoms with Gasteiger partial charge in [0.1, 0.15) is 0 Å². The van der Waals surface area contributed by atoms with E-state index in [1.165, 1.54) is 0 Å². The number of hydrogen-bond donors (Lipinski definition) is 2. The maximum atomic E-state index is 12.2. The zero-order chi connectivity index (χ0) is 14.5. The molecule has 0 aliphatic carbocycles. The van der Waals surface area contributed by atoms with E-state index in [1.54, 1.807) is 11.1 Å². The highest BCUT2D eigenvalue weighted by molar-refractivity contribution is 5.95. The Bertz CT molecular complexity index is 478. The molecule has 0 unspecified atom stereocenters. The third-order valence-electron chi connectivity index (χ3n) is 3.46. The van der Waals surface area contributed by atoms with Crippen LogP contribution >= 0.6 is 0 Å². The first kappa shape index (κ1) is 14.5. The van der Waals surface area contributed by atoms with Crippen LogP contribution in [0.5, 0.6) is 0 Å². The first-order valence-electron chi connectivity index (χ1n) is 6.70. The molecule has 2 N–H and O–H groups in total. The SMILES string of the molecule is Cc1[nH]ncc1C(=O)N1CCC(OCCC(=O)O)CC1. The molecule has 7 heteroatoms. The van der Waals surface area contributed by atoms with Crippen LogP contribution in [0.15, 0.2) is 6.20 Å². The van der Waals surface area contributed by atoms with Crippen LogP contribution < -0.4 is 0 Å². The van der Waals surface area contributed by atoms with Crippen LogP contribution in [0.1, 0.15) is 35.3 Å². The summed E-state index contributed by atoms with van der Waals surface area (Å²) >= 11 is 0. The van der Waals surface area contributed by atoms with E-state index in [9.17, 15) is 9.59 Å². The number of carbonyl (C=O) groups excluding carboxylic acids is 1. The average molecular weight is 281 g/mol. The Morgan fingerprint density at radius 1 is 1.50 bits per heavy atom. The number of aromatic nitrogens is 2. The van der Waals surface area contributed by atoms with Crippen molar-refractivity contribution in [3.05, 3.63) is 17.5 Å². The number of aryl methyl sites for hydroxylation is 1. The molecule has 20 heavy (non-hydrogen) atoms. The number of carbonyl (C=O) groups is 2. The third-order valence-corrected chi connectivity index (χ3v) is 3.46. The van der Waals surface area contributed by atoms with Crippen molar-refractivity contribution in [1.29, 1.82) is 0 Å². The van der Waals surface area contributed by atoms with Gasteiger partial charge >= 0.3 is 5.97 Å². The largest absolute Gasteiger partial charge is 0.481 e. The lowest BCUT2D eigenvalue weighted by atomic mass is 10.1. The summed E-state index contributed by atoms with van der Waals surface area (Å²) in [6.45, 7) is 3.30. The minimum absolute atomic E-state index is 0.0137. The van der Waals surface area contributed by atoms with Crippen molar-refractivity contribution >= 4 is 11.9 Å². The number of aliphatic carboxylic acids is 1. The fourth-order valence-electron chi connectivity index (χ4n) is 2.28. The van der Waals surface area contributed by atoms with Gasteiger partial charge in [-0.3, -0.25) is 14.7 Å². The lowest BCUT2D eigenvalue weighted by Gasteiger charge is -2.31. The van der Waals surface area contributed by atoms with Gasteiger partial charge in [-0.25, -0.2) is 0 Å². The summed E-state index contributed by atoms with van der Waals surface area (Å²) in [5.41, 5.74) is 1.38. The van der Waals surface area contributed by atoms with Crippen LogP contribution in [0.25, 0.3) is 0 Å². The van der Waals surface area contributed by atoms with Gasteiger partial charge in [0.25, 0.3) is 5.91 Å². The fraction of sp³-hybridized carbons (Fsp3) is 0.615. The number of H-pyrrole nitrogens is 1. The zero-order valence-electron chi connectivity index (χ0n) is 11.5. The molecular formula is C13H19N3O4. The number of nitrogens with zero attached hydrogens (tertiary/aromatic N) is 2. The van der Waals surface area contributed by atoms with E-state index in [0.717, 1.165) is 18.5 Å². The minimum atomic E-state index is -0.854. The number of carboxylic acid groups (broad SMARTS) is 1.